The van der Waals surface area contributed by atoms with E-state index in [1.54, 1.807) is 0 Å². The minimum absolute atomic E-state index is 0.714. The summed E-state index contributed by atoms with van der Waals surface area (Å²) >= 11 is 0. The third-order valence-electron chi connectivity index (χ3n) is 1.62. The minimum Gasteiger partial charge on any atom is -0.327 e. The smallest absolute Gasteiger partial charge is 0.0134 e. The number of rotatable bonds is 5. The standard InChI is InChI=1S/C9H19N/c1-3-4-5-6-7-9(2)8-10/h7H,3-6,8,10H2,1-2H3/b9-7-. The summed E-state index contributed by atoms with van der Waals surface area (Å²) in [4.78, 5) is 0. The van der Waals surface area contributed by atoms with Crippen LogP contribution >= 0.6 is 0 Å². The van der Waals surface area contributed by atoms with E-state index in [0.717, 1.165) is 0 Å². The molecule has 0 fully saturated rings. The molecular formula is C9H19N. The summed E-state index contributed by atoms with van der Waals surface area (Å²) in [7, 11) is 0. The molecule has 1 nitrogen and oxygen atoms in total. The first-order chi connectivity index (χ1) is 4.81. The summed E-state index contributed by atoms with van der Waals surface area (Å²) in [6, 6.07) is 0. The van der Waals surface area contributed by atoms with Gasteiger partial charge in [0.2, 0.25) is 0 Å². The van der Waals surface area contributed by atoms with Crippen molar-refractivity contribution in [1.82, 2.24) is 0 Å². The van der Waals surface area contributed by atoms with Crippen molar-refractivity contribution >= 4 is 0 Å². The maximum absolute atomic E-state index is 5.42. The van der Waals surface area contributed by atoms with E-state index in [2.05, 4.69) is 19.9 Å². The lowest BCUT2D eigenvalue weighted by Gasteiger charge is -1.95. The van der Waals surface area contributed by atoms with Crippen molar-refractivity contribution in [2.75, 3.05) is 6.54 Å². The molecule has 0 saturated carbocycles. The minimum atomic E-state index is 0.714. The molecule has 0 aliphatic carbocycles. The number of hydrogen-bond donors (Lipinski definition) is 1. The molecule has 10 heavy (non-hydrogen) atoms. The van der Waals surface area contributed by atoms with Crippen LogP contribution in [0.25, 0.3) is 0 Å². The highest BCUT2D eigenvalue weighted by Gasteiger charge is 1.84. The molecule has 1 heteroatoms. The van der Waals surface area contributed by atoms with Crippen LogP contribution in [0.2, 0.25) is 0 Å². The SMILES string of the molecule is CCCCC/C=C(/C)CN. The Morgan fingerprint density at radius 2 is 2.10 bits per heavy atom. The fraction of sp³-hybridized carbons (Fsp3) is 0.778. The van der Waals surface area contributed by atoms with Crippen molar-refractivity contribution in [3.05, 3.63) is 11.6 Å². The predicted octanol–water partition coefficient (Wildman–Crippen LogP) is 2.47. The van der Waals surface area contributed by atoms with E-state index in [1.807, 2.05) is 0 Å². The lowest BCUT2D eigenvalue weighted by atomic mass is 10.1. The zero-order valence-electron chi connectivity index (χ0n) is 7.19. The van der Waals surface area contributed by atoms with Crippen LogP contribution in [0.5, 0.6) is 0 Å². The van der Waals surface area contributed by atoms with Crippen molar-refractivity contribution in [3.8, 4) is 0 Å². The Hall–Kier alpha value is -0.300. The van der Waals surface area contributed by atoms with E-state index in [9.17, 15) is 0 Å². The molecular weight excluding hydrogens is 122 g/mol. The van der Waals surface area contributed by atoms with E-state index in [1.165, 1.54) is 31.3 Å². The van der Waals surface area contributed by atoms with Crippen molar-refractivity contribution in [1.29, 1.82) is 0 Å². The third kappa shape index (κ3) is 5.83. The summed E-state index contributed by atoms with van der Waals surface area (Å²) < 4.78 is 0. The van der Waals surface area contributed by atoms with Crippen LogP contribution in [-0.4, -0.2) is 6.54 Å². The molecule has 0 rings (SSSR count). The summed E-state index contributed by atoms with van der Waals surface area (Å²) in [5.74, 6) is 0. The molecule has 0 aromatic rings. The first-order valence-corrected chi connectivity index (χ1v) is 4.17. The van der Waals surface area contributed by atoms with Crippen molar-refractivity contribution in [2.45, 2.75) is 39.5 Å². The number of nitrogens with two attached hydrogens (primary N) is 1. The average Bonchev–Trinajstić information content (AvgIpc) is 1.98. The highest BCUT2D eigenvalue weighted by atomic mass is 14.5. The van der Waals surface area contributed by atoms with E-state index in [4.69, 9.17) is 5.73 Å². The maximum Gasteiger partial charge on any atom is 0.0134 e. The molecule has 0 aromatic heterocycles. The van der Waals surface area contributed by atoms with E-state index in [-0.39, 0.29) is 0 Å². The Bertz CT molecular complexity index is 94.9. The summed E-state index contributed by atoms with van der Waals surface area (Å²) in [5, 5.41) is 0. The quantitative estimate of drug-likeness (QED) is 0.462. The van der Waals surface area contributed by atoms with Crippen molar-refractivity contribution < 1.29 is 0 Å². The van der Waals surface area contributed by atoms with Crippen LogP contribution in [0.15, 0.2) is 11.6 Å². The molecule has 0 atom stereocenters. The fourth-order valence-electron chi connectivity index (χ4n) is 0.826. The second-order valence-electron chi connectivity index (χ2n) is 2.75. The summed E-state index contributed by atoms with van der Waals surface area (Å²) in [6.45, 7) is 5.03. The monoisotopic (exact) mass is 141 g/mol. The van der Waals surface area contributed by atoms with Gasteiger partial charge in [-0.2, -0.15) is 0 Å². The van der Waals surface area contributed by atoms with Crippen LogP contribution in [0, 0.1) is 0 Å². The molecule has 0 heterocycles. The van der Waals surface area contributed by atoms with Gasteiger partial charge in [0.15, 0.2) is 0 Å². The first kappa shape index (κ1) is 9.70. The molecule has 0 radical (unpaired) electrons. The Balaban J connectivity index is 3.16. The summed E-state index contributed by atoms with van der Waals surface area (Å²) in [5.41, 5.74) is 6.73. The van der Waals surface area contributed by atoms with Crippen LogP contribution in [-0.2, 0) is 0 Å². The van der Waals surface area contributed by atoms with Gasteiger partial charge in [-0.3, -0.25) is 0 Å². The maximum atomic E-state index is 5.42. The Morgan fingerprint density at radius 1 is 1.40 bits per heavy atom. The van der Waals surface area contributed by atoms with Gasteiger partial charge >= 0.3 is 0 Å². The number of allylic oxidation sites excluding steroid dienone is 1. The van der Waals surface area contributed by atoms with E-state index < -0.39 is 0 Å². The molecule has 0 unspecified atom stereocenters. The lowest BCUT2D eigenvalue weighted by Crippen LogP contribution is -1.99. The zero-order valence-corrected chi connectivity index (χ0v) is 7.19. The second kappa shape index (κ2) is 6.81. The Morgan fingerprint density at radius 3 is 2.60 bits per heavy atom. The number of hydrogen-bond acceptors (Lipinski definition) is 1. The van der Waals surface area contributed by atoms with E-state index >= 15 is 0 Å². The Kier molecular flexibility index (Phi) is 6.61. The molecule has 2 N–H and O–H groups in total. The third-order valence-corrected chi connectivity index (χ3v) is 1.62. The van der Waals surface area contributed by atoms with E-state index in [0.29, 0.717) is 6.54 Å². The topological polar surface area (TPSA) is 26.0 Å². The van der Waals surface area contributed by atoms with Crippen LogP contribution in [0.3, 0.4) is 0 Å². The van der Waals surface area contributed by atoms with Gasteiger partial charge in [-0.1, -0.05) is 31.4 Å². The van der Waals surface area contributed by atoms with Crippen LogP contribution in [0.1, 0.15) is 39.5 Å². The van der Waals surface area contributed by atoms with Gasteiger partial charge in [0.05, 0.1) is 0 Å². The average molecular weight is 141 g/mol. The molecule has 0 aliphatic heterocycles. The lowest BCUT2D eigenvalue weighted by molar-refractivity contribution is 0.726. The fourth-order valence-corrected chi connectivity index (χ4v) is 0.826. The zero-order chi connectivity index (χ0) is 7.82. The molecule has 0 aromatic carbocycles. The molecule has 0 amide bonds. The molecule has 0 aliphatic rings. The highest BCUT2D eigenvalue weighted by Crippen LogP contribution is 2.01. The molecule has 0 saturated heterocycles. The first-order valence-electron chi connectivity index (χ1n) is 4.17. The van der Waals surface area contributed by atoms with Gasteiger partial charge in [0.25, 0.3) is 0 Å². The Labute approximate surface area is 64.3 Å². The van der Waals surface area contributed by atoms with Gasteiger partial charge in [0, 0.05) is 6.54 Å². The second-order valence-corrected chi connectivity index (χ2v) is 2.75. The highest BCUT2D eigenvalue weighted by molar-refractivity contribution is 4.98. The largest absolute Gasteiger partial charge is 0.327 e. The molecule has 60 valence electrons. The van der Waals surface area contributed by atoms with Crippen LogP contribution < -0.4 is 5.73 Å². The van der Waals surface area contributed by atoms with Crippen LogP contribution in [0.4, 0.5) is 0 Å². The predicted molar refractivity (Wildman–Crippen MR) is 47.0 cm³/mol. The van der Waals surface area contributed by atoms with Crippen molar-refractivity contribution in [2.24, 2.45) is 5.73 Å². The van der Waals surface area contributed by atoms with Gasteiger partial charge in [0.1, 0.15) is 0 Å². The molecule has 0 bridgehead atoms. The normalized spacial score (nSPS) is 12.1. The van der Waals surface area contributed by atoms with Crippen molar-refractivity contribution in [3.63, 3.8) is 0 Å². The van der Waals surface area contributed by atoms with Gasteiger partial charge in [-0.25, -0.2) is 0 Å². The van der Waals surface area contributed by atoms with Gasteiger partial charge in [-0.15, -0.1) is 0 Å². The molecule has 0 spiro atoms. The summed E-state index contributed by atoms with van der Waals surface area (Å²) in [6.07, 6.45) is 7.41. The van der Waals surface area contributed by atoms with Gasteiger partial charge in [-0.05, 0) is 19.8 Å². The number of unbranched alkanes of at least 4 members (excludes halogenated alkanes) is 3. The van der Waals surface area contributed by atoms with Gasteiger partial charge < -0.3 is 5.73 Å².